The molecule has 3 heterocycles. The quantitative estimate of drug-likeness (QED) is 0.789. The van der Waals surface area contributed by atoms with Crippen LogP contribution in [0.2, 0.25) is 0 Å². The van der Waals surface area contributed by atoms with Gasteiger partial charge in [-0.1, -0.05) is 13.0 Å². The lowest BCUT2D eigenvalue weighted by Gasteiger charge is -2.17. The van der Waals surface area contributed by atoms with Crippen LogP contribution < -0.4 is 5.32 Å². The molecule has 0 bridgehead atoms. The summed E-state index contributed by atoms with van der Waals surface area (Å²) in [4.78, 5) is 4.40. The van der Waals surface area contributed by atoms with E-state index in [0.29, 0.717) is 6.04 Å². The number of nitrogens with one attached hydrogen (secondary N) is 1. The first-order chi connectivity index (χ1) is 7.79. The van der Waals surface area contributed by atoms with Crippen LogP contribution >= 0.6 is 0 Å². The van der Waals surface area contributed by atoms with Gasteiger partial charge in [0.25, 0.3) is 0 Å². The van der Waals surface area contributed by atoms with Crippen molar-refractivity contribution in [3.63, 3.8) is 0 Å². The van der Waals surface area contributed by atoms with E-state index in [0.717, 1.165) is 23.6 Å². The highest BCUT2D eigenvalue weighted by molar-refractivity contribution is 5.64. The van der Waals surface area contributed by atoms with Crippen LogP contribution in [0.3, 0.4) is 0 Å². The molecule has 0 radical (unpaired) electrons. The van der Waals surface area contributed by atoms with E-state index in [1.54, 1.807) is 0 Å². The first-order valence-electron chi connectivity index (χ1n) is 5.71. The Hall–Kier alpha value is -1.77. The Morgan fingerprint density at radius 1 is 1.44 bits per heavy atom. The smallest absolute Gasteiger partial charge is 0.138 e. The second kappa shape index (κ2) is 3.37. The SMILES string of the molecule is CC[C@@H]1Nc2cccc3ncc(n23)C=C1C. The molecule has 1 aliphatic heterocycles. The van der Waals surface area contributed by atoms with E-state index in [2.05, 4.69) is 40.7 Å². The van der Waals surface area contributed by atoms with Gasteiger partial charge in [-0.2, -0.15) is 0 Å². The summed E-state index contributed by atoms with van der Waals surface area (Å²) in [5.41, 5.74) is 3.52. The van der Waals surface area contributed by atoms with E-state index in [1.807, 2.05) is 18.3 Å². The summed E-state index contributed by atoms with van der Waals surface area (Å²) in [6.07, 6.45) is 5.25. The van der Waals surface area contributed by atoms with Crippen molar-refractivity contribution < 1.29 is 0 Å². The monoisotopic (exact) mass is 213 g/mol. The molecule has 16 heavy (non-hydrogen) atoms. The highest BCUT2D eigenvalue weighted by atomic mass is 15.1. The third-order valence-electron chi connectivity index (χ3n) is 3.21. The Bertz CT molecular complexity index is 566. The van der Waals surface area contributed by atoms with Gasteiger partial charge in [0.1, 0.15) is 11.5 Å². The van der Waals surface area contributed by atoms with Crippen molar-refractivity contribution in [2.75, 3.05) is 5.32 Å². The summed E-state index contributed by atoms with van der Waals surface area (Å²) >= 11 is 0. The highest BCUT2D eigenvalue weighted by Crippen LogP contribution is 2.24. The van der Waals surface area contributed by atoms with Gasteiger partial charge in [-0.05, 0) is 37.1 Å². The molecule has 0 aromatic carbocycles. The Kier molecular flexibility index (Phi) is 1.99. The third kappa shape index (κ3) is 1.24. The maximum Gasteiger partial charge on any atom is 0.138 e. The molecule has 3 rings (SSSR count). The molecule has 1 N–H and O–H groups in total. The Morgan fingerprint density at radius 2 is 2.31 bits per heavy atom. The van der Waals surface area contributed by atoms with Gasteiger partial charge in [0.15, 0.2) is 0 Å². The number of rotatable bonds is 1. The second-order valence-electron chi connectivity index (χ2n) is 4.28. The normalized spacial score (nSPS) is 19.1. The van der Waals surface area contributed by atoms with Gasteiger partial charge < -0.3 is 5.32 Å². The first-order valence-corrected chi connectivity index (χ1v) is 5.71. The van der Waals surface area contributed by atoms with Crippen LogP contribution in [0.4, 0.5) is 5.82 Å². The van der Waals surface area contributed by atoms with E-state index in [9.17, 15) is 0 Å². The Labute approximate surface area is 94.8 Å². The van der Waals surface area contributed by atoms with Gasteiger partial charge in [0, 0.05) is 6.04 Å². The standard InChI is InChI=1S/C13H15N3/c1-3-11-9(2)7-10-8-14-12-5-4-6-13(15-11)16(10)12/h4-8,11,15H,3H2,1-2H3/t11-/m0/s1. The predicted octanol–water partition coefficient (Wildman–Crippen LogP) is 2.94. The molecule has 0 fully saturated rings. The summed E-state index contributed by atoms with van der Waals surface area (Å²) in [7, 11) is 0. The van der Waals surface area contributed by atoms with Crippen molar-refractivity contribution in [1.29, 1.82) is 0 Å². The number of imidazole rings is 1. The van der Waals surface area contributed by atoms with Crippen LogP contribution in [0.5, 0.6) is 0 Å². The van der Waals surface area contributed by atoms with Gasteiger partial charge in [-0.3, -0.25) is 4.40 Å². The number of anilines is 1. The molecular formula is C13H15N3. The average Bonchev–Trinajstić information content (AvgIpc) is 2.63. The minimum absolute atomic E-state index is 0.422. The first kappa shape index (κ1) is 9.46. The van der Waals surface area contributed by atoms with Gasteiger partial charge in [-0.25, -0.2) is 4.98 Å². The molecule has 0 spiro atoms. The molecule has 0 amide bonds. The molecule has 0 unspecified atom stereocenters. The van der Waals surface area contributed by atoms with E-state index in [1.165, 1.54) is 5.57 Å². The van der Waals surface area contributed by atoms with Crippen LogP contribution in [0.15, 0.2) is 30.0 Å². The van der Waals surface area contributed by atoms with Crippen molar-refractivity contribution in [2.24, 2.45) is 0 Å². The van der Waals surface area contributed by atoms with E-state index >= 15 is 0 Å². The summed E-state index contributed by atoms with van der Waals surface area (Å²) in [5, 5.41) is 3.56. The van der Waals surface area contributed by atoms with Gasteiger partial charge in [0.2, 0.25) is 0 Å². The highest BCUT2D eigenvalue weighted by Gasteiger charge is 2.16. The molecule has 1 aliphatic rings. The number of pyridine rings is 1. The maximum atomic E-state index is 4.40. The van der Waals surface area contributed by atoms with Crippen molar-refractivity contribution in [3.8, 4) is 0 Å². The molecule has 3 nitrogen and oxygen atoms in total. The molecule has 0 aliphatic carbocycles. The van der Waals surface area contributed by atoms with Crippen LogP contribution in [0, 0.1) is 0 Å². The second-order valence-corrected chi connectivity index (χ2v) is 4.28. The van der Waals surface area contributed by atoms with Crippen molar-refractivity contribution in [1.82, 2.24) is 9.38 Å². The number of hydrogen-bond acceptors (Lipinski definition) is 2. The molecule has 82 valence electrons. The predicted molar refractivity (Wildman–Crippen MR) is 66.5 cm³/mol. The number of nitrogens with zero attached hydrogens (tertiary/aromatic N) is 2. The maximum absolute atomic E-state index is 4.40. The lowest BCUT2D eigenvalue weighted by Crippen LogP contribution is -2.19. The van der Waals surface area contributed by atoms with Gasteiger partial charge in [0.05, 0.1) is 11.9 Å². The lowest BCUT2D eigenvalue weighted by molar-refractivity contribution is 0.790. The minimum atomic E-state index is 0.422. The molecule has 1 atom stereocenters. The fraction of sp³-hybridized carbons (Fsp3) is 0.308. The summed E-state index contributed by atoms with van der Waals surface area (Å²) in [6.45, 7) is 4.38. The molecule has 0 saturated heterocycles. The summed E-state index contributed by atoms with van der Waals surface area (Å²) in [5.74, 6) is 1.13. The van der Waals surface area contributed by atoms with Gasteiger partial charge in [-0.15, -0.1) is 0 Å². The molecule has 3 heteroatoms. The zero-order chi connectivity index (χ0) is 11.1. The molecular weight excluding hydrogens is 198 g/mol. The zero-order valence-electron chi connectivity index (χ0n) is 9.57. The lowest BCUT2D eigenvalue weighted by atomic mass is 10.1. The van der Waals surface area contributed by atoms with Crippen LogP contribution in [-0.4, -0.2) is 15.4 Å². The fourth-order valence-electron chi connectivity index (χ4n) is 2.32. The van der Waals surface area contributed by atoms with Crippen molar-refractivity contribution in [2.45, 2.75) is 26.3 Å². The summed E-state index contributed by atoms with van der Waals surface area (Å²) in [6, 6.07) is 6.60. The van der Waals surface area contributed by atoms with Crippen LogP contribution in [0.25, 0.3) is 11.7 Å². The third-order valence-corrected chi connectivity index (χ3v) is 3.21. The molecule has 2 aromatic rings. The zero-order valence-corrected chi connectivity index (χ0v) is 9.57. The fourth-order valence-corrected chi connectivity index (χ4v) is 2.32. The van der Waals surface area contributed by atoms with Gasteiger partial charge >= 0.3 is 0 Å². The van der Waals surface area contributed by atoms with Crippen LogP contribution in [-0.2, 0) is 0 Å². The topological polar surface area (TPSA) is 29.3 Å². The average molecular weight is 213 g/mol. The van der Waals surface area contributed by atoms with Crippen molar-refractivity contribution in [3.05, 3.63) is 35.7 Å². The van der Waals surface area contributed by atoms with E-state index < -0.39 is 0 Å². The summed E-state index contributed by atoms with van der Waals surface area (Å²) < 4.78 is 2.17. The van der Waals surface area contributed by atoms with E-state index in [-0.39, 0.29) is 0 Å². The minimum Gasteiger partial charge on any atom is -0.365 e. The largest absolute Gasteiger partial charge is 0.365 e. The van der Waals surface area contributed by atoms with Crippen LogP contribution in [0.1, 0.15) is 26.0 Å². The van der Waals surface area contributed by atoms with Crippen molar-refractivity contribution >= 4 is 17.5 Å². The van der Waals surface area contributed by atoms with E-state index in [4.69, 9.17) is 0 Å². The molecule has 0 saturated carbocycles. The number of aromatic nitrogens is 2. The Balaban J connectivity index is 2.28. The Morgan fingerprint density at radius 3 is 3.12 bits per heavy atom. The number of hydrogen-bond donors (Lipinski definition) is 1. The molecule has 2 aromatic heterocycles.